The Morgan fingerprint density at radius 2 is 2.00 bits per heavy atom. The van der Waals surface area contributed by atoms with Crippen LogP contribution in [0.4, 0.5) is 0 Å². The van der Waals surface area contributed by atoms with E-state index < -0.39 is 11.4 Å². The van der Waals surface area contributed by atoms with Gasteiger partial charge >= 0.3 is 0 Å². The summed E-state index contributed by atoms with van der Waals surface area (Å²) < 4.78 is 0. The van der Waals surface area contributed by atoms with Crippen molar-refractivity contribution in [2.75, 3.05) is 7.05 Å². The van der Waals surface area contributed by atoms with Crippen LogP contribution >= 0.6 is 0 Å². The van der Waals surface area contributed by atoms with Crippen molar-refractivity contribution in [3.63, 3.8) is 0 Å². The van der Waals surface area contributed by atoms with Gasteiger partial charge in [-0.05, 0) is 13.8 Å². The van der Waals surface area contributed by atoms with Gasteiger partial charge in [0.05, 0.1) is 6.07 Å². The Hall–Kier alpha value is -1.57. The van der Waals surface area contributed by atoms with Gasteiger partial charge in [-0.2, -0.15) is 5.26 Å². The number of hydrogen-bond acceptors (Lipinski definition) is 3. The van der Waals surface area contributed by atoms with Crippen LogP contribution in [-0.2, 0) is 9.59 Å². The molecule has 0 bridgehead atoms. The summed E-state index contributed by atoms with van der Waals surface area (Å²) in [5.74, 6) is -0.741. The molecular formula is C8H13N3O2. The largest absolute Gasteiger partial charge is 0.357 e. The van der Waals surface area contributed by atoms with E-state index in [4.69, 9.17) is 5.26 Å². The Bertz CT molecular complexity index is 253. The zero-order valence-corrected chi connectivity index (χ0v) is 7.97. The highest BCUT2D eigenvalue weighted by atomic mass is 16.2. The van der Waals surface area contributed by atoms with Crippen LogP contribution in [0.15, 0.2) is 0 Å². The fourth-order valence-electron chi connectivity index (χ4n) is 0.834. The third-order valence-corrected chi connectivity index (χ3v) is 1.49. The monoisotopic (exact) mass is 183 g/mol. The van der Waals surface area contributed by atoms with E-state index in [2.05, 4.69) is 10.6 Å². The van der Waals surface area contributed by atoms with Crippen molar-refractivity contribution < 1.29 is 9.59 Å². The summed E-state index contributed by atoms with van der Waals surface area (Å²) in [6.45, 7) is 3.14. The lowest BCUT2D eigenvalue weighted by atomic mass is 10.0. The maximum atomic E-state index is 11.2. The van der Waals surface area contributed by atoms with Crippen molar-refractivity contribution in [1.29, 1.82) is 5.26 Å². The summed E-state index contributed by atoms with van der Waals surface area (Å²) in [5, 5.41) is 13.1. The van der Waals surface area contributed by atoms with E-state index >= 15 is 0 Å². The molecule has 0 saturated heterocycles. The molecule has 0 radical (unpaired) electrons. The van der Waals surface area contributed by atoms with Gasteiger partial charge in [-0.1, -0.05) is 0 Å². The van der Waals surface area contributed by atoms with E-state index in [9.17, 15) is 9.59 Å². The fourth-order valence-corrected chi connectivity index (χ4v) is 0.834. The highest BCUT2D eigenvalue weighted by Crippen LogP contribution is 2.01. The van der Waals surface area contributed by atoms with E-state index in [0.717, 1.165) is 0 Å². The number of nitriles is 1. The Labute approximate surface area is 77.1 Å². The molecule has 0 aromatic rings. The number of likely N-dealkylation sites (N-methyl/N-ethyl adjacent to an activating group) is 1. The van der Waals surface area contributed by atoms with E-state index in [-0.39, 0.29) is 12.3 Å². The van der Waals surface area contributed by atoms with Crippen LogP contribution in [0.5, 0.6) is 0 Å². The van der Waals surface area contributed by atoms with Crippen LogP contribution in [0.1, 0.15) is 20.3 Å². The smallest absolute Gasteiger partial charge is 0.244 e. The number of nitrogens with one attached hydrogen (secondary N) is 2. The molecule has 2 N–H and O–H groups in total. The van der Waals surface area contributed by atoms with Crippen molar-refractivity contribution >= 4 is 11.8 Å². The minimum Gasteiger partial charge on any atom is -0.357 e. The number of nitrogens with zero attached hydrogens (tertiary/aromatic N) is 1. The lowest BCUT2D eigenvalue weighted by Crippen LogP contribution is -2.53. The minimum absolute atomic E-state index is 0.236. The number of hydrogen-bond donors (Lipinski definition) is 2. The standard InChI is InChI=1S/C8H13N3O2/c1-8(2,7(13)10-3)11-6(12)4-5-9/h4H2,1-3H3,(H,10,13)(H,11,12). The summed E-state index contributed by atoms with van der Waals surface area (Å²) in [6.07, 6.45) is -0.236. The maximum absolute atomic E-state index is 11.2. The van der Waals surface area contributed by atoms with Crippen LogP contribution in [-0.4, -0.2) is 24.4 Å². The number of carbonyl (C=O) groups is 2. The molecule has 0 fully saturated rings. The van der Waals surface area contributed by atoms with Crippen LogP contribution in [0.2, 0.25) is 0 Å². The summed E-state index contributed by atoms with van der Waals surface area (Å²) in [6, 6.07) is 1.70. The summed E-state index contributed by atoms with van der Waals surface area (Å²) in [4.78, 5) is 22.1. The molecule has 5 nitrogen and oxygen atoms in total. The molecule has 72 valence electrons. The zero-order chi connectivity index (χ0) is 10.5. The molecule has 0 saturated carbocycles. The second kappa shape index (κ2) is 4.45. The highest BCUT2D eigenvalue weighted by Gasteiger charge is 2.27. The minimum atomic E-state index is -0.970. The second-order valence-electron chi connectivity index (χ2n) is 3.09. The Kier molecular flexibility index (Phi) is 3.92. The van der Waals surface area contributed by atoms with Crippen LogP contribution in [0.3, 0.4) is 0 Å². The van der Waals surface area contributed by atoms with Crippen molar-refractivity contribution in [3.8, 4) is 6.07 Å². The molecule has 0 atom stereocenters. The summed E-state index contributed by atoms with van der Waals surface area (Å²) in [7, 11) is 1.49. The van der Waals surface area contributed by atoms with Crippen molar-refractivity contribution in [2.24, 2.45) is 0 Å². The maximum Gasteiger partial charge on any atom is 0.244 e. The van der Waals surface area contributed by atoms with Crippen molar-refractivity contribution in [1.82, 2.24) is 10.6 Å². The molecule has 5 heteroatoms. The number of carbonyl (C=O) groups excluding carboxylic acids is 2. The molecule has 0 aliphatic rings. The van der Waals surface area contributed by atoms with Crippen LogP contribution < -0.4 is 10.6 Å². The van der Waals surface area contributed by atoms with Gasteiger partial charge in [-0.15, -0.1) is 0 Å². The predicted molar refractivity (Wildman–Crippen MR) is 46.5 cm³/mol. The van der Waals surface area contributed by atoms with Crippen molar-refractivity contribution in [3.05, 3.63) is 0 Å². The molecule has 2 amide bonds. The number of amides is 2. The normalized spacial score (nSPS) is 10.0. The molecule has 0 aromatic carbocycles. The topological polar surface area (TPSA) is 82.0 Å². The quantitative estimate of drug-likeness (QED) is 0.621. The third-order valence-electron chi connectivity index (χ3n) is 1.49. The van der Waals surface area contributed by atoms with Gasteiger partial charge in [-0.25, -0.2) is 0 Å². The first-order valence-electron chi connectivity index (χ1n) is 3.84. The van der Waals surface area contributed by atoms with Gasteiger partial charge in [-0.3, -0.25) is 9.59 Å². The molecule has 0 rings (SSSR count). The van der Waals surface area contributed by atoms with Crippen molar-refractivity contribution in [2.45, 2.75) is 25.8 Å². The molecule has 0 aliphatic heterocycles. The predicted octanol–water partition coefficient (Wildman–Crippen LogP) is -0.459. The highest BCUT2D eigenvalue weighted by molar-refractivity contribution is 5.90. The zero-order valence-electron chi connectivity index (χ0n) is 7.97. The van der Waals surface area contributed by atoms with Gasteiger partial charge < -0.3 is 10.6 Å². The van der Waals surface area contributed by atoms with Crippen LogP contribution in [0, 0.1) is 11.3 Å². The Balaban J connectivity index is 4.26. The first-order valence-corrected chi connectivity index (χ1v) is 3.84. The second-order valence-corrected chi connectivity index (χ2v) is 3.09. The van der Waals surface area contributed by atoms with Gasteiger partial charge in [0.1, 0.15) is 12.0 Å². The van der Waals surface area contributed by atoms with E-state index in [1.807, 2.05) is 0 Å². The summed E-state index contributed by atoms with van der Waals surface area (Å²) >= 11 is 0. The molecule has 0 spiro atoms. The third kappa shape index (κ3) is 3.56. The van der Waals surface area contributed by atoms with Crippen LogP contribution in [0.25, 0.3) is 0 Å². The SMILES string of the molecule is CNC(=O)C(C)(C)NC(=O)CC#N. The molecule has 0 aliphatic carbocycles. The lowest BCUT2D eigenvalue weighted by molar-refractivity contribution is -0.131. The van der Waals surface area contributed by atoms with E-state index in [1.54, 1.807) is 19.9 Å². The average Bonchev–Trinajstić information content (AvgIpc) is 2.02. The van der Waals surface area contributed by atoms with Gasteiger partial charge in [0.15, 0.2) is 0 Å². The first kappa shape index (κ1) is 11.4. The molecule has 13 heavy (non-hydrogen) atoms. The molecule has 0 heterocycles. The Morgan fingerprint density at radius 3 is 2.38 bits per heavy atom. The fraction of sp³-hybridized carbons (Fsp3) is 0.625. The molecular weight excluding hydrogens is 170 g/mol. The van der Waals surface area contributed by atoms with E-state index in [0.29, 0.717) is 0 Å². The van der Waals surface area contributed by atoms with Gasteiger partial charge in [0.2, 0.25) is 11.8 Å². The number of rotatable bonds is 3. The average molecular weight is 183 g/mol. The van der Waals surface area contributed by atoms with Gasteiger partial charge in [0, 0.05) is 7.05 Å². The summed E-state index contributed by atoms with van der Waals surface area (Å²) in [5.41, 5.74) is -0.970. The molecule has 0 aromatic heterocycles. The van der Waals surface area contributed by atoms with E-state index in [1.165, 1.54) is 7.05 Å². The Morgan fingerprint density at radius 1 is 1.46 bits per heavy atom. The van der Waals surface area contributed by atoms with Gasteiger partial charge in [0.25, 0.3) is 0 Å². The molecule has 0 unspecified atom stereocenters. The lowest BCUT2D eigenvalue weighted by Gasteiger charge is -2.23. The first-order chi connectivity index (χ1) is 5.94.